The Morgan fingerprint density at radius 3 is 2.89 bits per heavy atom. The maximum absolute atomic E-state index is 5.12. The molecule has 2 rings (SSSR count). The quantitative estimate of drug-likeness (QED) is 0.748. The number of hydrogen-bond acceptors (Lipinski definition) is 2. The lowest BCUT2D eigenvalue weighted by Gasteiger charge is -2.16. The first-order valence-electron chi connectivity index (χ1n) is 7.10. The Balaban J connectivity index is 1.90. The molecule has 1 aromatic carbocycles. The van der Waals surface area contributed by atoms with Crippen molar-refractivity contribution in [3.05, 3.63) is 34.9 Å². The van der Waals surface area contributed by atoms with Crippen LogP contribution in [0.3, 0.4) is 0 Å². The highest BCUT2D eigenvalue weighted by atomic mass is 16.5. The second-order valence-electron chi connectivity index (χ2n) is 5.28. The minimum Gasteiger partial charge on any atom is -0.385 e. The van der Waals surface area contributed by atoms with Crippen LogP contribution >= 0.6 is 0 Å². The van der Waals surface area contributed by atoms with Gasteiger partial charge in [-0.3, -0.25) is 0 Å². The van der Waals surface area contributed by atoms with Crippen LogP contribution in [0.25, 0.3) is 0 Å². The van der Waals surface area contributed by atoms with Gasteiger partial charge in [-0.15, -0.1) is 0 Å². The van der Waals surface area contributed by atoms with E-state index >= 15 is 0 Å². The number of ether oxygens (including phenoxy) is 1. The summed E-state index contributed by atoms with van der Waals surface area (Å²) in [5.74, 6) is 0. The fraction of sp³-hybridized carbons (Fsp3) is 0.625. The Hall–Kier alpha value is -0.860. The van der Waals surface area contributed by atoms with Crippen molar-refractivity contribution >= 4 is 0 Å². The summed E-state index contributed by atoms with van der Waals surface area (Å²) in [6, 6.07) is 7.63. The lowest BCUT2D eigenvalue weighted by Crippen LogP contribution is -2.27. The summed E-state index contributed by atoms with van der Waals surface area (Å²) in [7, 11) is 3.83. The first-order valence-corrected chi connectivity index (χ1v) is 7.10. The van der Waals surface area contributed by atoms with Gasteiger partial charge in [-0.05, 0) is 62.3 Å². The molecular weight excluding hydrogens is 222 g/mol. The van der Waals surface area contributed by atoms with Crippen molar-refractivity contribution in [2.75, 3.05) is 20.8 Å². The van der Waals surface area contributed by atoms with E-state index in [1.54, 1.807) is 18.2 Å². The standard InChI is InChI=1S/C16H25NO/c1-17-16(7-4-10-18-2)12-13-8-9-14-5-3-6-15(14)11-13/h8-9,11,16-17H,3-7,10,12H2,1-2H3. The average molecular weight is 247 g/mol. The van der Waals surface area contributed by atoms with Crippen LogP contribution in [0.4, 0.5) is 0 Å². The normalized spacial score (nSPS) is 15.7. The molecule has 2 nitrogen and oxygen atoms in total. The SMILES string of the molecule is CNC(CCCOC)Cc1ccc2c(c1)CCC2. The van der Waals surface area contributed by atoms with Crippen LogP contribution in [0.15, 0.2) is 18.2 Å². The van der Waals surface area contributed by atoms with Crippen molar-refractivity contribution < 1.29 is 4.74 Å². The van der Waals surface area contributed by atoms with Crippen LogP contribution in [0, 0.1) is 0 Å². The van der Waals surface area contributed by atoms with E-state index in [4.69, 9.17) is 4.74 Å². The van der Waals surface area contributed by atoms with Gasteiger partial charge in [-0.25, -0.2) is 0 Å². The molecule has 1 unspecified atom stereocenters. The molecule has 1 aliphatic carbocycles. The molecule has 0 aromatic heterocycles. The average Bonchev–Trinajstić information content (AvgIpc) is 2.85. The Labute approximate surface area is 111 Å². The molecule has 1 atom stereocenters. The van der Waals surface area contributed by atoms with E-state index in [0.29, 0.717) is 6.04 Å². The van der Waals surface area contributed by atoms with Crippen molar-refractivity contribution in [2.45, 2.75) is 44.6 Å². The molecule has 100 valence electrons. The predicted molar refractivity (Wildman–Crippen MR) is 76.1 cm³/mol. The number of hydrogen-bond donors (Lipinski definition) is 1. The smallest absolute Gasteiger partial charge is 0.0462 e. The van der Waals surface area contributed by atoms with Gasteiger partial charge in [0.1, 0.15) is 0 Å². The van der Waals surface area contributed by atoms with E-state index in [1.165, 1.54) is 31.2 Å². The minimum atomic E-state index is 0.569. The van der Waals surface area contributed by atoms with Gasteiger partial charge in [0.05, 0.1) is 0 Å². The zero-order chi connectivity index (χ0) is 12.8. The van der Waals surface area contributed by atoms with E-state index in [1.807, 2.05) is 0 Å². The van der Waals surface area contributed by atoms with Gasteiger partial charge in [0.15, 0.2) is 0 Å². The van der Waals surface area contributed by atoms with Gasteiger partial charge in [-0.2, -0.15) is 0 Å². The summed E-state index contributed by atoms with van der Waals surface area (Å²) < 4.78 is 5.12. The summed E-state index contributed by atoms with van der Waals surface area (Å²) in [6.07, 6.45) is 7.33. The number of nitrogens with one attached hydrogen (secondary N) is 1. The fourth-order valence-electron chi connectivity index (χ4n) is 2.86. The number of fused-ring (bicyclic) bond motifs is 1. The summed E-state index contributed by atoms with van der Waals surface area (Å²) in [6.45, 7) is 0.863. The largest absolute Gasteiger partial charge is 0.385 e. The number of aryl methyl sites for hydroxylation is 2. The molecule has 1 aromatic rings. The Kier molecular flexibility index (Phi) is 5.21. The molecule has 0 bridgehead atoms. The van der Waals surface area contributed by atoms with Crippen LogP contribution in [-0.2, 0) is 24.0 Å². The van der Waals surface area contributed by atoms with E-state index in [-0.39, 0.29) is 0 Å². The molecule has 0 saturated carbocycles. The predicted octanol–water partition coefficient (Wildman–Crippen LogP) is 2.73. The maximum Gasteiger partial charge on any atom is 0.0462 e. The number of methoxy groups -OCH3 is 1. The molecule has 0 spiro atoms. The summed E-state index contributed by atoms with van der Waals surface area (Å²) in [5.41, 5.74) is 4.63. The molecule has 0 saturated heterocycles. The van der Waals surface area contributed by atoms with Crippen molar-refractivity contribution in [1.29, 1.82) is 0 Å². The molecule has 2 heteroatoms. The van der Waals surface area contributed by atoms with Crippen molar-refractivity contribution in [3.63, 3.8) is 0 Å². The van der Waals surface area contributed by atoms with E-state index in [9.17, 15) is 0 Å². The van der Waals surface area contributed by atoms with Gasteiger partial charge in [-0.1, -0.05) is 18.2 Å². The lowest BCUT2D eigenvalue weighted by molar-refractivity contribution is 0.189. The molecule has 0 aliphatic heterocycles. The van der Waals surface area contributed by atoms with Crippen molar-refractivity contribution in [1.82, 2.24) is 5.32 Å². The fourth-order valence-corrected chi connectivity index (χ4v) is 2.86. The van der Waals surface area contributed by atoms with Gasteiger partial charge in [0.25, 0.3) is 0 Å². The molecular formula is C16H25NO. The highest BCUT2D eigenvalue weighted by Crippen LogP contribution is 2.23. The number of likely N-dealkylation sites (N-methyl/N-ethyl adjacent to an activating group) is 1. The lowest BCUT2D eigenvalue weighted by atomic mass is 9.98. The van der Waals surface area contributed by atoms with Crippen LogP contribution in [0.5, 0.6) is 0 Å². The molecule has 0 fully saturated rings. The Morgan fingerprint density at radius 1 is 1.28 bits per heavy atom. The first kappa shape index (κ1) is 13.6. The third-order valence-electron chi connectivity index (χ3n) is 3.95. The van der Waals surface area contributed by atoms with Gasteiger partial charge < -0.3 is 10.1 Å². The third-order valence-corrected chi connectivity index (χ3v) is 3.95. The second kappa shape index (κ2) is 6.91. The van der Waals surface area contributed by atoms with Crippen LogP contribution in [-0.4, -0.2) is 26.8 Å². The van der Waals surface area contributed by atoms with E-state index in [2.05, 4.69) is 30.6 Å². The molecule has 0 heterocycles. The zero-order valence-electron chi connectivity index (χ0n) is 11.7. The highest BCUT2D eigenvalue weighted by molar-refractivity contribution is 5.35. The van der Waals surface area contributed by atoms with Gasteiger partial charge in [0.2, 0.25) is 0 Å². The van der Waals surface area contributed by atoms with Gasteiger partial charge in [0, 0.05) is 19.8 Å². The summed E-state index contributed by atoms with van der Waals surface area (Å²) >= 11 is 0. The molecule has 1 aliphatic rings. The van der Waals surface area contributed by atoms with Crippen LogP contribution in [0.1, 0.15) is 36.0 Å². The van der Waals surface area contributed by atoms with Crippen molar-refractivity contribution in [2.24, 2.45) is 0 Å². The highest BCUT2D eigenvalue weighted by Gasteiger charge is 2.12. The molecule has 18 heavy (non-hydrogen) atoms. The van der Waals surface area contributed by atoms with Gasteiger partial charge >= 0.3 is 0 Å². The summed E-state index contributed by atoms with van der Waals surface area (Å²) in [4.78, 5) is 0. The van der Waals surface area contributed by atoms with Crippen LogP contribution in [0.2, 0.25) is 0 Å². The number of benzene rings is 1. The molecule has 0 amide bonds. The van der Waals surface area contributed by atoms with Crippen molar-refractivity contribution in [3.8, 4) is 0 Å². The van der Waals surface area contributed by atoms with E-state index in [0.717, 1.165) is 19.4 Å². The molecule has 1 N–H and O–H groups in total. The first-order chi connectivity index (χ1) is 8.83. The minimum absolute atomic E-state index is 0.569. The maximum atomic E-state index is 5.12. The monoisotopic (exact) mass is 247 g/mol. The van der Waals surface area contributed by atoms with Crippen LogP contribution < -0.4 is 5.32 Å². The topological polar surface area (TPSA) is 21.3 Å². The Bertz CT molecular complexity index is 375. The van der Waals surface area contributed by atoms with E-state index < -0.39 is 0 Å². The number of rotatable bonds is 7. The molecule has 0 radical (unpaired) electrons. The Morgan fingerprint density at radius 2 is 2.11 bits per heavy atom. The second-order valence-corrected chi connectivity index (χ2v) is 5.28. The summed E-state index contributed by atoms with van der Waals surface area (Å²) in [5, 5.41) is 3.42. The zero-order valence-corrected chi connectivity index (χ0v) is 11.7. The third kappa shape index (κ3) is 3.56.